The standard InChI is InChI=1S/C20H25N3O/c1-15(17-6-4-8-21-14-17)22-9-11-23(12-10-22)19-13-16-5-2-3-7-18(16)20(19)24/h2-8,14-15,19-20,24H,9-13H2,1H3. The quantitative estimate of drug-likeness (QED) is 0.942. The van der Waals surface area contributed by atoms with Crippen LogP contribution in [-0.4, -0.2) is 52.1 Å². The van der Waals surface area contributed by atoms with Crippen LogP contribution in [0.2, 0.25) is 0 Å². The van der Waals surface area contributed by atoms with Crippen LogP contribution in [0.3, 0.4) is 0 Å². The fraction of sp³-hybridized carbons (Fsp3) is 0.450. The highest BCUT2D eigenvalue weighted by atomic mass is 16.3. The molecule has 1 aromatic carbocycles. The number of hydrogen-bond acceptors (Lipinski definition) is 4. The fourth-order valence-electron chi connectivity index (χ4n) is 4.17. The molecule has 2 aromatic rings. The normalized spacial score (nSPS) is 26.2. The van der Waals surface area contributed by atoms with E-state index >= 15 is 0 Å². The second-order valence-corrected chi connectivity index (χ2v) is 6.95. The van der Waals surface area contributed by atoms with Crippen molar-refractivity contribution in [2.45, 2.75) is 31.5 Å². The molecule has 4 nitrogen and oxygen atoms in total. The number of nitrogens with zero attached hydrogens (tertiary/aromatic N) is 3. The number of hydrogen-bond donors (Lipinski definition) is 1. The number of piperazine rings is 1. The lowest BCUT2D eigenvalue weighted by Crippen LogP contribution is -2.51. The molecular formula is C20H25N3O. The third-order valence-electron chi connectivity index (χ3n) is 5.70. The highest BCUT2D eigenvalue weighted by molar-refractivity contribution is 5.36. The number of aromatic nitrogens is 1. The predicted octanol–water partition coefficient (Wildman–Crippen LogP) is 2.42. The summed E-state index contributed by atoms with van der Waals surface area (Å²) in [7, 11) is 0. The first kappa shape index (κ1) is 15.8. The molecule has 1 aliphatic heterocycles. The Morgan fingerprint density at radius 2 is 1.88 bits per heavy atom. The van der Waals surface area contributed by atoms with Crippen molar-refractivity contribution in [1.29, 1.82) is 0 Å². The van der Waals surface area contributed by atoms with Crippen molar-refractivity contribution in [2.75, 3.05) is 26.2 Å². The summed E-state index contributed by atoms with van der Waals surface area (Å²) in [5.74, 6) is 0. The molecule has 1 aromatic heterocycles. The van der Waals surface area contributed by atoms with Crippen LogP contribution in [0.4, 0.5) is 0 Å². The van der Waals surface area contributed by atoms with Crippen LogP contribution in [0.1, 0.15) is 35.8 Å². The van der Waals surface area contributed by atoms with Gasteiger partial charge in [-0.05, 0) is 36.1 Å². The topological polar surface area (TPSA) is 39.6 Å². The highest BCUT2D eigenvalue weighted by Crippen LogP contribution is 2.35. The summed E-state index contributed by atoms with van der Waals surface area (Å²) in [6.07, 6.45) is 4.42. The van der Waals surface area contributed by atoms with Crippen molar-refractivity contribution < 1.29 is 5.11 Å². The minimum Gasteiger partial charge on any atom is -0.387 e. The lowest BCUT2D eigenvalue weighted by Gasteiger charge is -2.41. The van der Waals surface area contributed by atoms with Gasteiger partial charge >= 0.3 is 0 Å². The summed E-state index contributed by atoms with van der Waals surface area (Å²) in [6.45, 7) is 6.36. The maximum absolute atomic E-state index is 10.7. The Kier molecular flexibility index (Phi) is 4.35. The summed E-state index contributed by atoms with van der Waals surface area (Å²) in [4.78, 5) is 9.23. The largest absolute Gasteiger partial charge is 0.387 e. The average Bonchev–Trinajstić information content (AvgIpc) is 2.99. The molecule has 24 heavy (non-hydrogen) atoms. The molecule has 2 aliphatic rings. The van der Waals surface area contributed by atoms with Gasteiger partial charge in [0.2, 0.25) is 0 Å². The van der Waals surface area contributed by atoms with Crippen LogP contribution in [0.15, 0.2) is 48.8 Å². The zero-order chi connectivity index (χ0) is 16.5. The molecule has 0 saturated carbocycles. The van der Waals surface area contributed by atoms with Gasteiger partial charge in [-0.2, -0.15) is 0 Å². The van der Waals surface area contributed by atoms with Crippen LogP contribution in [-0.2, 0) is 6.42 Å². The Morgan fingerprint density at radius 1 is 1.08 bits per heavy atom. The van der Waals surface area contributed by atoms with E-state index in [0.717, 1.165) is 38.2 Å². The Morgan fingerprint density at radius 3 is 2.58 bits per heavy atom. The molecule has 126 valence electrons. The van der Waals surface area contributed by atoms with Crippen LogP contribution in [0.25, 0.3) is 0 Å². The van der Waals surface area contributed by atoms with E-state index in [9.17, 15) is 5.11 Å². The van der Waals surface area contributed by atoms with Gasteiger partial charge in [-0.25, -0.2) is 0 Å². The summed E-state index contributed by atoms with van der Waals surface area (Å²) in [6, 6.07) is 13.1. The van der Waals surface area contributed by atoms with Crippen molar-refractivity contribution in [1.82, 2.24) is 14.8 Å². The molecule has 1 aliphatic carbocycles. The minimum atomic E-state index is -0.344. The minimum absolute atomic E-state index is 0.234. The second kappa shape index (κ2) is 6.63. The van der Waals surface area contributed by atoms with E-state index in [1.54, 1.807) is 0 Å². The van der Waals surface area contributed by atoms with Gasteiger partial charge in [0.15, 0.2) is 0 Å². The molecule has 0 amide bonds. The lowest BCUT2D eigenvalue weighted by molar-refractivity contribution is 0.0184. The van der Waals surface area contributed by atoms with Gasteiger partial charge in [0.05, 0.1) is 6.10 Å². The monoisotopic (exact) mass is 323 g/mol. The van der Waals surface area contributed by atoms with Crippen LogP contribution < -0.4 is 0 Å². The maximum Gasteiger partial charge on any atom is 0.0951 e. The van der Waals surface area contributed by atoms with Crippen molar-refractivity contribution in [3.63, 3.8) is 0 Å². The number of rotatable bonds is 3. The Balaban J connectivity index is 1.39. The maximum atomic E-state index is 10.7. The van der Waals surface area contributed by atoms with E-state index in [1.807, 2.05) is 24.5 Å². The summed E-state index contributed by atoms with van der Waals surface area (Å²) in [5, 5.41) is 10.7. The zero-order valence-electron chi connectivity index (χ0n) is 14.2. The molecule has 1 N–H and O–H groups in total. The van der Waals surface area contributed by atoms with Gasteiger partial charge in [0.25, 0.3) is 0 Å². The molecular weight excluding hydrogens is 298 g/mol. The first-order valence-corrected chi connectivity index (χ1v) is 8.88. The Bertz CT molecular complexity index is 682. The molecule has 2 heterocycles. The van der Waals surface area contributed by atoms with E-state index in [2.05, 4.69) is 46.0 Å². The molecule has 3 atom stereocenters. The van der Waals surface area contributed by atoms with E-state index in [4.69, 9.17) is 0 Å². The van der Waals surface area contributed by atoms with Crippen LogP contribution >= 0.6 is 0 Å². The molecule has 1 saturated heterocycles. The smallest absolute Gasteiger partial charge is 0.0951 e. The Labute approximate surface area is 143 Å². The van der Waals surface area contributed by atoms with Gasteiger partial charge in [-0.1, -0.05) is 30.3 Å². The number of benzene rings is 1. The summed E-state index contributed by atoms with van der Waals surface area (Å²) in [5.41, 5.74) is 3.70. The van der Waals surface area contributed by atoms with Crippen LogP contribution in [0, 0.1) is 0 Å². The van der Waals surface area contributed by atoms with Crippen molar-refractivity contribution in [3.8, 4) is 0 Å². The number of fused-ring (bicyclic) bond motifs is 1. The third-order valence-corrected chi connectivity index (χ3v) is 5.70. The molecule has 1 fully saturated rings. The zero-order valence-corrected chi connectivity index (χ0v) is 14.2. The van der Waals surface area contributed by atoms with E-state index < -0.39 is 0 Å². The van der Waals surface area contributed by atoms with Crippen molar-refractivity contribution in [3.05, 3.63) is 65.5 Å². The fourth-order valence-corrected chi connectivity index (χ4v) is 4.17. The first-order valence-electron chi connectivity index (χ1n) is 8.88. The molecule has 4 rings (SSSR count). The predicted molar refractivity (Wildman–Crippen MR) is 94.7 cm³/mol. The number of aliphatic hydroxyl groups is 1. The number of pyridine rings is 1. The summed E-state index contributed by atoms with van der Waals surface area (Å²) >= 11 is 0. The molecule has 0 bridgehead atoms. The second-order valence-electron chi connectivity index (χ2n) is 6.95. The molecule has 0 radical (unpaired) electrons. The van der Waals surface area contributed by atoms with Gasteiger partial charge in [0.1, 0.15) is 0 Å². The SMILES string of the molecule is CC(c1cccnc1)N1CCN(C2Cc3ccccc3C2O)CC1. The van der Waals surface area contributed by atoms with Gasteiger partial charge in [-0.15, -0.1) is 0 Å². The van der Waals surface area contributed by atoms with E-state index in [-0.39, 0.29) is 12.1 Å². The lowest BCUT2D eigenvalue weighted by atomic mass is 10.1. The first-order chi connectivity index (χ1) is 11.7. The summed E-state index contributed by atoms with van der Waals surface area (Å²) < 4.78 is 0. The third kappa shape index (κ3) is 2.86. The van der Waals surface area contributed by atoms with Gasteiger partial charge in [0, 0.05) is 50.7 Å². The molecule has 0 spiro atoms. The van der Waals surface area contributed by atoms with Crippen molar-refractivity contribution >= 4 is 0 Å². The van der Waals surface area contributed by atoms with Crippen molar-refractivity contribution in [2.24, 2.45) is 0 Å². The molecule has 3 unspecified atom stereocenters. The van der Waals surface area contributed by atoms with Crippen LogP contribution in [0.5, 0.6) is 0 Å². The number of aliphatic hydroxyl groups excluding tert-OH is 1. The van der Waals surface area contributed by atoms with Gasteiger partial charge in [-0.3, -0.25) is 14.8 Å². The average molecular weight is 323 g/mol. The Hall–Kier alpha value is -1.75. The molecule has 4 heteroatoms. The van der Waals surface area contributed by atoms with E-state index in [1.165, 1.54) is 11.1 Å². The van der Waals surface area contributed by atoms with E-state index in [0.29, 0.717) is 6.04 Å². The van der Waals surface area contributed by atoms with Gasteiger partial charge < -0.3 is 5.11 Å². The highest BCUT2D eigenvalue weighted by Gasteiger charge is 2.36.